The van der Waals surface area contributed by atoms with Crippen molar-refractivity contribution < 1.29 is 5.11 Å². The van der Waals surface area contributed by atoms with Crippen molar-refractivity contribution in [3.05, 3.63) is 28.8 Å². The molecule has 0 unspecified atom stereocenters. The molecule has 0 aliphatic carbocycles. The van der Waals surface area contributed by atoms with Gasteiger partial charge in [-0.3, -0.25) is 0 Å². The maximum absolute atomic E-state index is 9.24. The minimum atomic E-state index is 0.0602. The molecule has 0 saturated heterocycles. The standard InChI is InChI=1S/C8H8ClNO/c1-5(10)8-6(9)3-2-4-7(8)11/h2-4,10-11H,1H3. The predicted octanol–water partition coefficient (Wildman–Crippen LogP) is 2.43. The number of rotatable bonds is 1. The van der Waals surface area contributed by atoms with Crippen LogP contribution in [-0.4, -0.2) is 10.8 Å². The quantitative estimate of drug-likeness (QED) is 0.623. The van der Waals surface area contributed by atoms with Crippen molar-refractivity contribution in [2.24, 2.45) is 0 Å². The van der Waals surface area contributed by atoms with E-state index in [1.807, 2.05) is 0 Å². The summed E-state index contributed by atoms with van der Waals surface area (Å²) in [6, 6.07) is 4.80. The van der Waals surface area contributed by atoms with Crippen molar-refractivity contribution in [1.29, 1.82) is 5.41 Å². The van der Waals surface area contributed by atoms with E-state index in [2.05, 4.69) is 0 Å². The van der Waals surface area contributed by atoms with Gasteiger partial charge in [0, 0.05) is 5.71 Å². The molecule has 0 atom stereocenters. The summed E-state index contributed by atoms with van der Waals surface area (Å²) in [5, 5.41) is 16.9. The van der Waals surface area contributed by atoms with E-state index >= 15 is 0 Å². The Labute approximate surface area is 69.9 Å². The molecule has 0 bridgehead atoms. The SMILES string of the molecule is CC(=N)c1c(O)cccc1Cl. The van der Waals surface area contributed by atoms with Gasteiger partial charge in [-0.15, -0.1) is 0 Å². The van der Waals surface area contributed by atoms with Crippen LogP contribution in [0.4, 0.5) is 0 Å². The van der Waals surface area contributed by atoms with Crippen molar-refractivity contribution in [2.75, 3.05) is 0 Å². The predicted molar refractivity (Wildman–Crippen MR) is 45.6 cm³/mol. The molecule has 0 heterocycles. The van der Waals surface area contributed by atoms with E-state index in [1.54, 1.807) is 19.1 Å². The van der Waals surface area contributed by atoms with Crippen LogP contribution >= 0.6 is 11.6 Å². The summed E-state index contributed by atoms with van der Waals surface area (Å²) in [6.45, 7) is 1.58. The normalized spacial score (nSPS) is 9.64. The van der Waals surface area contributed by atoms with Crippen LogP contribution in [0.2, 0.25) is 5.02 Å². The van der Waals surface area contributed by atoms with Gasteiger partial charge in [-0.1, -0.05) is 17.7 Å². The van der Waals surface area contributed by atoms with Gasteiger partial charge in [-0.25, -0.2) is 0 Å². The summed E-state index contributed by atoms with van der Waals surface area (Å²) in [6.07, 6.45) is 0. The molecule has 0 amide bonds. The Balaban J connectivity index is 3.32. The van der Waals surface area contributed by atoms with Crippen molar-refractivity contribution in [1.82, 2.24) is 0 Å². The van der Waals surface area contributed by atoms with Gasteiger partial charge in [-0.05, 0) is 19.1 Å². The number of nitrogens with one attached hydrogen (secondary N) is 1. The molecule has 0 radical (unpaired) electrons. The van der Waals surface area contributed by atoms with Crippen molar-refractivity contribution in [3.63, 3.8) is 0 Å². The van der Waals surface area contributed by atoms with Crippen LogP contribution in [0.15, 0.2) is 18.2 Å². The third kappa shape index (κ3) is 1.52. The first-order valence-electron chi connectivity index (χ1n) is 3.16. The molecule has 0 fully saturated rings. The van der Waals surface area contributed by atoms with E-state index < -0.39 is 0 Å². The van der Waals surface area contributed by atoms with Gasteiger partial charge in [0.25, 0.3) is 0 Å². The molecule has 0 saturated carbocycles. The van der Waals surface area contributed by atoms with Gasteiger partial charge < -0.3 is 10.5 Å². The van der Waals surface area contributed by atoms with E-state index in [-0.39, 0.29) is 11.5 Å². The molecule has 0 spiro atoms. The molecule has 1 aromatic rings. The molecule has 0 aliphatic heterocycles. The molecule has 3 heteroatoms. The smallest absolute Gasteiger partial charge is 0.126 e. The molecule has 0 aromatic heterocycles. The number of hydrogen-bond donors (Lipinski definition) is 2. The molecule has 58 valence electrons. The highest BCUT2D eigenvalue weighted by atomic mass is 35.5. The van der Waals surface area contributed by atoms with Crippen LogP contribution in [0.1, 0.15) is 12.5 Å². The Hall–Kier alpha value is -1.02. The second kappa shape index (κ2) is 2.93. The lowest BCUT2D eigenvalue weighted by atomic mass is 10.1. The first-order chi connectivity index (χ1) is 5.13. The minimum absolute atomic E-state index is 0.0602. The fourth-order valence-corrected chi connectivity index (χ4v) is 1.20. The average Bonchev–Trinajstić information content (AvgIpc) is 1.85. The van der Waals surface area contributed by atoms with E-state index in [0.29, 0.717) is 10.6 Å². The molecular weight excluding hydrogens is 162 g/mol. The zero-order chi connectivity index (χ0) is 8.43. The number of hydrogen-bond acceptors (Lipinski definition) is 2. The zero-order valence-corrected chi connectivity index (χ0v) is 6.81. The lowest BCUT2D eigenvalue weighted by Crippen LogP contribution is -1.93. The zero-order valence-electron chi connectivity index (χ0n) is 6.06. The fraction of sp³-hybridized carbons (Fsp3) is 0.125. The Morgan fingerprint density at radius 3 is 2.55 bits per heavy atom. The van der Waals surface area contributed by atoms with Crippen molar-refractivity contribution in [2.45, 2.75) is 6.92 Å². The summed E-state index contributed by atoms with van der Waals surface area (Å²) < 4.78 is 0. The molecule has 2 nitrogen and oxygen atoms in total. The molecule has 2 N–H and O–H groups in total. The largest absolute Gasteiger partial charge is 0.507 e. The first-order valence-corrected chi connectivity index (χ1v) is 3.53. The second-order valence-corrected chi connectivity index (χ2v) is 2.67. The van der Waals surface area contributed by atoms with E-state index in [0.717, 1.165) is 0 Å². The van der Waals surface area contributed by atoms with Crippen LogP contribution in [0.3, 0.4) is 0 Å². The maximum atomic E-state index is 9.24. The van der Waals surface area contributed by atoms with Gasteiger partial charge in [0.1, 0.15) is 5.75 Å². The van der Waals surface area contributed by atoms with Gasteiger partial charge >= 0.3 is 0 Å². The third-order valence-electron chi connectivity index (χ3n) is 1.37. The topological polar surface area (TPSA) is 44.1 Å². The number of benzene rings is 1. The summed E-state index contributed by atoms with van der Waals surface area (Å²) >= 11 is 5.72. The second-order valence-electron chi connectivity index (χ2n) is 2.26. The number of phenols is 1. The van der Waals surface area contributed by atoms with Gasteiger partial charge in [-0.2, -0.15) is 0 Å². The van der Waals surface area contributed by atoms with E-state index in [9.17, 15) is 5.11 Å². The van der Waals surface area contributed by atoms with Crippen molar-refractivity contribution in [3.8, 4) is 5.75 Å². The third-order valence-corrected chi connectivity index (χ3v) is 1.68. The van der Waals surface area contributed by atoms with Crippen LogP contribution in [0, 0.1) is 5.41 Å². The van der Waals surface area contributed by atoms with Crippen LogP contribution < -0.4 is 0 Å². The van der Waals surface area contributed by atoms with Gasteiger partial charge in [0.2, 0.25) is 0 Å². The highest BCUT2D eigenvalue weighted by Gasteiger charge is 2.06. The average molecular weight is 170 g/mol. The van der Waals surface area contributed by atoms with E-state index in [1.165, 1.54) is 6.07 Å². The monoisotopic (exact) mass is 169 g/mol. The lowest BCUT2D eigenvalue weighted by molar-refractivity contribution is 0.474. The van der Waals surface area contributed by atoms with E-state index in [4.69, 9.17) is 17.0 Å². The van der Waals surface area contributed by atoms with Crippen LogP contribution in [0.25, 0.3) is 0 Å². The maximum Gasteiger partial charge on any atom is 0.126 e. The molecular formula is C8H8ClNO. The number of aromatic hydroxyl groups is 1. The molecule has 1 aromatic carbocycles. The highest BCUT2D eigenvalue weighted by Crippen LogP contribution is 2.24. The number of phenolic OH excluding ortho intramolecular Hbond substituents is 1. The Kier molecular flexibility index (Phi) is 2.15. The van der Waals surface area contributed by atoms with Gasteiger partial charge in [0.05, 0.1) is 10.6 Å². The lowest BCUT2D eigenvalue weighted by Gasteiger charge is -2.03. The van der Waals surface area contributed by atoms with Gasteiger partial charge in [0.15, 0.2) is 0 Å². The summed E-state index contributed by atoms with van der Waals surface area (Å²) in [7, 11) is 0. The Morgan fingerprint density at radius 2 is 2.18 bits per heavy atom. The highest BCUT2D eigenvalue weighted by molar-refractivity contribution is 6.34. The Bertz CT molecular complexity index is 276. The fourth-order valence-electron chi connectivity index (χ4n) is 0.884. The molecule has 0 aliphatic rings. The summed E-state index contributed by atoms with van der Waals surface area (Å²) in [4.78, 5) is 0. The number of halogens is 1. The molecule has 1 rings (SSSR count). The van der Waals surface area contributed by atoms with Crippen LogP contribution in [-0.2, 0) is 0 Å². The molecule has 11 heavy (non-hydrogen) atoms. The summed E-state index contributed by atoms with van der Waals surface area (Å²) in [5.74, 6) is 0.0602. The minimum Gasteiger partial charge on any atom is -0.507 e. The first kappa shape index (κ1) is 8.08. The Morgan fingerprint density at radius 1 is 1.55 bits per heavy atom. The van der Waals surface area contributed by atoms with Crippen LogP contribution in [0.5, 0.6) is 5.75 Å². The summed E-state index contributed by atoms with van der Waals surface area (Å²) in [5.41, 5.74) is 0.683. The van der Waals surface area contributed by atoms with Crippen molar-refractivity contribution >= 4 is 17.3 Å².